The third-order valence-electron chi connectivity index (χ3n) is 1.92. The summed E-state index contributed by atoms with van der Waals surface area (Å²) in [6.45, 7) is 5.41. The van der Waals surface area contributed by atoms with Crippen LogP contribution in [0.25, 0.3) is 0 Å². The summed E-state index contributed by atoms with van der Waals surface area (Å²) in [5, 5.41) is 3.88. The first-order chi connectivity index (χ1) is 6.06. The molecule has 0 saturated carbocycles. The first kappa shape index (κ1) is 12.4. The second-order valence-electron chi connectivity index (χ2n) is 3.92. The van der Waals surface area contributed by atoms with Gasteiger partial charge < -0.3 is 9.74 Å². The average Bonchev–Trinajstić information content (AvgIpc) is 2.00. The third kappa shape index (κ3) is 7.78. The summed E-state index contributed by atoms with van der Waals surface area (Å²) >= 11 is 0. The molecule has 13 heavy (non-hydrogen) atoms. The van der Waals surface area contributed by atoms with E-state index in [1.54, 1.807) is 7.11 Å². The summed E-state index contributed by atoms with van der Waals surface area (Å²) < 4.78 is 0. The van der Waals surface area contributed by atoms with Crippen molar-refractivity contribution >= 4 is 5.71 Å². The minimum atomic E-state index is 0.719. The van der Waals surface area contributed by atoms with Crippen LogP contribution in [0, 0.1) is 5.92 Å². The number of hydrogen-bond acceptors (Lipinski definition) is 3. The van der Waals surface area contributed by atoms with Gasteiger partial charge in [-0.05, 0) is 39.8 Å². The molecule has 0 heterocycles. The lowest BCUT2D eigenvalue weighted by atomic mass is 10.0. The Balaban J connectivity index is 3.57. The first-order valence-electron chi connectivity index (χ1n) is 4.77. The predicted octanol–water partition coefficient (Wildman–Crippen LogP) is 1.99. The molecule has 3 heteroatoms. The monoisotopic (exact) mass is 186 g/mol. The predicted molar refractivity (Wildman–Crippen MR) is 57.1 cm³/mol. The van der Waals surface area contributed by atoms with E-state index < -0.39 is 0 Å². The molecule has 3 nitrogen and oxygen atoms in total. The Kier molecular flexibility index (Phi) is 6.59. The van der Waals surface area contributed by atoms with E-state index in [9.17, 15) is 0 Å². The van der Waals surface area contributed by atoms with Crippen molar-refractivity contribution in [2.45, 2.75) is 26.7 Å². The van der Waals surface area contributed by atoms with Gasteiger partial charge in [-0.15, -0.1) is 0 Å². The summed E-state index contributed by atoms with van der Waals surface area (Å²) in [4.78, 5) is 6.91. The van der Waals surface area contributed by atoms with Crippen molar-refractivity contribution in [3.63, 3.8) is 0 Å². The molecule has 78 valence electrons. The molecule has 1 atom stereocenters. The van der Waals surface area contributed by atoms with E-state index in [2.05, 4.69) is 31.1 Å². The molecule has 0 rings (SSSR count). The molecule has 0 spiro atoms. The SMILES string of the molecule is CO/N=C(/C)CCC(C)CN(C)C. The molecule has 0 aliphatic carbocycles. The van der Waals surface area contributed by atoms with Crippen molar-refractivity contribution in [1.82, 2.24) is 4.90 Å². The highest BCUT2D eigenvalue weighted by Gasteiger charge is 2.04. The van der Waals surface area contributed by atoms with E-state index >= 15 is 0 Å². The van der Waals surface area contributed by atoms with Gasteiger partial charge in [0.05, 0.1) is 5.71 Å². The Hall–Kier alpha value is -0.570. The maximum absolute atomic E-state index is 4.69. The fourth-order valence-corrected chi connectivity index (χ4v) is 1.37. The number of rotatable bonds is 6. The van der Waals surface area contributed by atoms with Gasteiger partial charge in [-0.2, -0.15) is 0 Å². The molecule has 0 amide bonds. The standard InChI is InChI=1S/C10H22N2O/c1-9(8-12(3)4)6-7-10(2)11-13-5/h9H,6-8H2,1-5H3/b11-10-. The van der Waals surface area contributed by atoms with Crippen molar-refractivity contribution in [3.05, 3.63) is 0 Å². The minimum Gasteiger partial charge on any atom is -0.399 e. The van der Waals surface area contributed by atoms with Gasteiger partial charge in [-0.1, -0.05) is 12.1 Å². The molecule has 0 radical (unpaired) electrons. The lowest BCUT2D eigenvalue weighted by Crippen LogP contribution is -2.20. The van der Waals surface area contributed by atoms with E-state index in [-0.39, 0.29) is 0 Å². The van der Waals surface area contributed by atoms with E-state index in [1.165, 1.54) is 6.42 Å². The molecule has 0 aromatic heterocycles. The van der Waals surface area contributed by atoms with E-state index in [4.69, 9.17) is 4.84 Å². The van der Waals surface area contributed by atoms with Crippen molar-refractivity contribution in [1.29, 1.82) is 0 Å². The molecule has 0 saturated heterocycles. The van der Waals surface area contributed by atoms with Gasteiger partial charge in [0, 0.05) is 6.54 Å². The van der Waals surface area contributed by atoms with Crippen LogP contribution in [-0.4, -0.2) is 38.4 Å². The van der Waals surface area contributed by atoms with Gasteiger partial charge in [0.1, 0.15) is 7.11 Å². The summed E-state index contributed by atoms with van der Waals surface area (Å²) in [5.41, 5.74) is 1.08. The Morgan fingerprint density at radius 2 is 2.08 bits per heavy atom. The average molecular weight is 186 g/mol. The zero-order valence-corrected chi connectivity index (χ0v) is 9.50. The normalized spacial score (nSPS) is 14.8. The van der Waals surface area contributed by atoms with Crippen LogP contribution in [0.4, 0.5) is 0 Å². The Morgan fingerprint density at radius 1 is 1.46 bits per heavy atom. The molecule has 1 unspecified atom stereocenters. The Morgan fingerprint density at radius 3 is 2.54 bits per heavy atom. The van der Waals surface area contributed by atoms with Crippen LogP contribution in [0.5, 0.6) is 0 Å². The topological polar surface area (TPSA) is 24.8 Å². The summed E-state index contributed by atoms with van der Waals surface area (Å²) in [7, 11) is 5.80. The molecular formula is C10H22N2O. The van der Waals surface area contributed by atoms with Gasteiger partial charge in [0.15, 0.2) is 0 Å². The number of oxime groups is 1. The van der Waals surface area contributed by atoms with Gasteiger partial charge in [-0.25, -0.2) is 0 Å². The second kappa shape index (κ2) is 6.89. The fourth-order valence-electron chi connectivity index (χ4n) is 1.37. The van der Waals surface area contributed by atoms with Crippen molar-refractivity contribution in [3.8, 4) is 0 Å². The molecule has 0 aromatic carbocycles. The van der Waals surface area contributed by atoms with E-state index in [0.29, 0.717) is 0 Å². The minimum absolute atomic E-state index is 0.719. The van der Waals surface area contributed by atoms with Crippen LogP contribution in [0.15, 0.2) is 5.16 Å². The lowest BCUT2D eigenvalue weighted by Gasteiger charge is -2.16. The second-order valence-corrected chi connectivity index (χ2v) is 3.92. The van der Waals surface area contributed by atoms with Gasteiger partial charge in [0.2, 0.25) is 0 Å². The number of nitrogens with zero attached hydrogens (tertiary/aromatic N) is 2. The Labute approximate surface area is 81.7 Å². The van der Waals surface area contributed by atoms with Crippen LogP contribution in [0.2, 0.25) is 0 Å². The maximum Gasteiger partial charge on any atom is 0.106 e. The van der Waals surface area contributed by atoms with Gasteiger partial charge in [-0.3, -0.25) is 0 Å². The van der Waals surface area contributed by atoms with Crippen LogP contribution < -0.4 is 0 Å². The van der Waals surface area contributed by atoms with Gasteiger partial charge >= 0.3 is 0 Å². The van der Waals surface area contributed by atoms with Crippen LogP contribution in [-0.2, 0) is 4.84 Å². The first-order valence-corrected chi connectivity index (χ1v) is 4.77. The third-order valence-corrected chi connectivity index (χ3v) is 1.92. The van der Waals surface area contributed by atoms with Crippen LogP contribution in [0.1, 0.15) is 26.7 Å². The highest BCUT2D eigenvalue weighted by Crippen LogP contribution is 2.07. The molecule has 0 N–H and O–H groups in total. The zero-order valence-electron chi connectivity index (χ0n) is 9.50. The molecule has 0 fully saturated rings. The summed E-state index contributed by atoms with van der Waals surface area (Å²) in [5.74, 6) is 0.719. The van der Waals surface area contributed by atoms with Crippen LogP contribution >= 0.6 is 0 Å². The largest absolute Gasteiger partial charge is 0.399 e. The summed E-state index contributed by atoms with van der Waals surface area (Å²) in [6, 6.07) is 0. The molecule has 0 aliphatic heterocycles. The van der Waals surface area contributed by atoms with Crippen molar-refractivity contribution in [2.75, 3.05) is 27.7 Å². The van der Waals surface area contributed by atoms with E-state index in [0.717, 1.165) is 24.6 Å². The fraction of sp³-hybridized carbons (Fsp3) is 0.900. The highest BCUT2D eigenvalue weighted by atomic mass is 16.6. The van der Waals surface area contributed by atoms with Crippen molar-refractivity contribution in [2.24, 2.45) is 11.1 Å². The molecule has 0 bridgehead atoms. The quantitative estimate of drug-likeness (QED) is 0.468. The summed E-state index contributed by atoms with van der Waals surface area (Å²) in [6.07, 6.45) is 2.21. The zero-order chi connectivity index (χ0) is 10.3. The molecule has 0 aromatic rings. The van der Waals surface area contributed by atoms with Gasteiger partial charge in [0.25, 0.3) is 0 Å². The maximum atomic E-state index is 4.69. The molecular weight excluding hydrogens is 164 g/mol. The van der Waals surface area contributed by atoms with E-state index in [1.807, 2.05) is 6.92 Å². The highest BCUT2D eigenvalue weighted by molar-refractivity contribution is 5.81. The molecule has 0 aliphatic rings. The number of hydrogen-bond donors (Lipinski definition) is 0. The lowest BCUT2D eigenvalue weighted by molar-refractivity contribution is 0.212. The smallest absolute Gasteiger partial charge is 0.106 e. The Bertz CT molecular complexity index is 155. The van der Waals surface area contributed by atoms with Crippen LogP contribution in [0.3, 0.4) is 0 Å². The van der Waals surface area contributed by atoms with Crippen molar-refractivity contribution < 1.29 is 4.84 Å².